The Balaban J connectivity index is 2.32. The van der Waals surface area contributed by atoms with Crippen LogP contribution in [0.25, 0.3) is 0 Å². The van der Waals surface area contributed by atoms with E-state index in [1.54, 1.807) is 0 Å². The van der Waals surface area contributed by atoms with Crippen molar-refractivity contribution in [1.82, 2.24) is 14.9 Å². The fourth-order valence-corrected chi connectivity index (χ4v) is 2.28. The standard InChI is InChI=1S/C16H23N3O/c1-5-18-16(15-10-17-11-19(15)4)13-7-6-8-14(9-13)20-12(2)3/h6-12,16,18H,5H2,1-4H3. The van der Waals surface area contributed by atoms with E-state index in [2.05, 4.69) is 29.4 Å². The van der Waals surface area contributed by atoms with Gasteiger partial charge in [0.05, 0.1) is 30.4 Å². The average molecular weight is 273 g/mol. The van der Waals surface area contributed by atoms with Gasteiger partial charge in [-0.3, -0.25) is 0 Å². The minimum absolute atomic E-state index is 0.128. The van der Waals surface area contributed by atoms with Crippen molar-refractivity contribution in [1.29, 1.82) is 0 Å². The summed E-state index contributed by atoms with van der Waals surface area (Å²) in [6.45, 7) is 7.08. The third kappa shape index (κ3) is 3.39. The summed E-state index contributed by atoms with van der Waals surface area (Å²) in [6, 6.07) is 8.38. The van der Waals surface area contributed by atoms with Crippen molar-refractivity contribution in [2.45, 2.75) is 32.9 Å². The minimum Gasteiger partial charge on any atom is -0.491 e. The molecule has 4 nitrogen and oxygen atoms in total. The number of rotatable bonds is 6. The van der Waals surface area contributed by atoms with Gasteiger partial charge in [-0.1, -0.05) is 19.1 Å². The molecule has 1 unspecified atom stereocenters. The molecule has 0 spiro atoms. The lowest BCUT2D eigenvalue weighted by molar-refractivity contribution is 0.242. The second-order valence-electron chi connectivity index (χ2n) is 5.16. The number of benzene rings is 1. The van der Waals surface area contributed by atoms with Crippen molar-refractivity contribution < 1.29 is 4.74 Å². The summed E-state index contributed by atoms with van der Waals surface area (Å²) in [7, 11) is 2.02. The van der Waals surface area contributed by atoms with Crippen LogP contribution in [0.2, 0.25) is 0 Å². The fourth-order valence-electron chi connectivity index (χ4n) is 2.28. The Morgan fingerprint density at radius 1 is 1.35 bits per heavy atom. The molecule has 0 amide bonds. The molecule has 4 heteroatoms. The number of hydrogen-bond donors (Lipinski definition) is 1. The van der Waals surface area contributed by atoms with Gasteiger partial charge in [-0.25, -0.2) is 4.98 Å². The molecule has 0 saturated heterocycles. The Morgan fingerprint density at radius 3 is 2.75 bits per heavy atom. The van der Waals surface area contributed by atoms with Crippen molar-refractivity contribution in [2.75, 3.05) is 6.54 Å². The molecule has 1 atom stereocenters. The van der Waals surface area contributed by atoms with Crippen LogP contribution in [-0.2, 0) is 7.05 Å². The van der Waals surface area contributed by atoms with E-state index in [-0.39, 0.29) is 12.1 Å². The maximum absolute atomic E-state index is 5.78. The van der Waals surface area contributed by atoms with E-state index in [9.17, 15) is 0 Å². The molecular weight excluding hydrogens is 250 g/mol. The molecule has 1 N–H and O–H groups in total. The van der Waals surface area contributed by atoms with Gasteiger partial charge in [0.1, 0.15) is 5.75 Å². The summed E-state index contributed by atoms with van der Waals surface area (Å²) >= 11 is 0. The Hall–Kier alpha value is -1.81. The predicted molar refractivity (Wildman–Crippen MR) is 80.9 cm³/mol. The van der Waals surface area contributed by atoms with Gasteiger partial charge in [0.15, 0.2) is 0 Å². The molecular formula is C16H23N3O. The highest BCUT2D eigenvalue weighted by atomic mass is 16.5. The summed E-state index contributed by atoms with van der Waals surface area (Å²) in [5, 5.41) is 3.51. The number of aromatic nitrogens is 2. The molecule has 0 aliphatic carbocycles. The lowest BCUT2D eigenvalue weighted by Gasteiger charge is -2.20. The van der Waals surface area contributed by atoms with Gasteiger partial charge >= 0.3 is 0 Å². The van der Waals surface area contributed by atoms with E-state index in [4.69, 9.17) is 4.74 Å². The van der Waals surface area contributed by atoms with E-state index in [1.165, 1.54) is 5.56 Å². The maximum Gasteiger partial charge on any atom is 0.120 e. The topological polar surface area (TPSA) is 39.1 Å². The van der Waals surface area contributed by atoms with Crippen LogP contribution >= 0.6 is 0 Å². The summed E-state index contributed by atoms with van der Waals surface area (Å²) in [5.74, 6) is 0.905. The number of ether oxygens (including phenoxy) is 1. The Bertz CT molecular complexity index is 548. The zero-order valence-electron chi connectivity index (χ0n) is 12.6. The van der Waals surface area contributed by atoms with Gasteiger partial charge < -0.3 is 14.6 Å². The van der Waals surface area contributed by atoms with Crippen molar-refractivity contribution in [3.63, 3.8) is 0 Å². The van der Waals surface area contributed by atoms with Crippen LogP contribution in [0.15, 0.2) is 36.8 Å². The van der Waals surface area contributed by atoms with Crippen molar-refractivity contribution in [3.8, 4) is 5.75 Å². The number of imidazole rings is 1. The van der Waals surface area contributed by atoms with E-state index in [0.29, 0.717) is 0 Å². The molecule has 2 aromatic rings. The number of aryl methyl sites for hydroxylation is 1. The average Bonchev–Trinajstić information content (AvgIpc) is 2.81. The van der Waals surface area contributed by atoms with Crippen LogP contribution in [0.3, 0.4) is 0 Å². The first-order valence-corrected chi connectivity index (χ1v) is 7.08. The van der Waals surface area contributed by atoms with Crippen LogP contribution in [0.5, 0.6) is 5.75 Å². The zero-order valence-corrected chi connectivity index (χ0v) is 12.6. The highest BCUT2D eigenvalue weighted by molar-refractivity contribution is 5.34. The molecule has 108 valence electrons. The Kier molecular flexibility index (Phi) is 4.79. The summed E-state index contributed by atoms with van der Waals surface area (Å²) < 4.78 is 7.83. The Labute approximate surface area is 120 Å². The van der Waals surface area contributed by atoms with Gasteiger partial charge in [-0.2, -0.15) is 0 Å². The summed E-state index contributed by atoms with van der Waals surface area (Å²) in [6.07, 6.45) is 3.91. The molecule has 0 radical (unpaired) electrons. The van der Waals surface area contributed by atoms with Gasteiger partial charge in [-0.05, 0) is 38.1 Å². The fraction of sp³-hybridized carbons (Fsp3) is 0.438. The Morgan fingerprint density at radius 2 is 2.15 bits per heavy atom. The number of nitrogens with one attached hydrogen (secondary N) is 1. The van der Waals surface area contributed by atoms with Crippen molar-refractivity contribution >= 4 is 0 Å². The number of hydrogen-bond acceptors (Lipinski definition) is 3. The first-order valence-electron chi connectivity index (χ1n) is 7.08. The third-order valence-electron chi connectivity index (χ3n) is 3.12. The molecule has 2 rings (SSSR count). The molecule has 20 heavy (non-hydrogen) atoms. The molecule has 0 aliphatic heterocycles. The van der Waals surface area contributed by atoms with Crippen LogP contribution in [-0.4, -0.2) is 22.2 Å². The largest absolute Gasteiger partial charge is 0.491 e. The van der Waals surface area contributed by atoms with Crippen LogP contribution < -0.4 is 10.1 Å². The van der Waals surface area contributed by atoms with E-state index >= 15 is 0 Å². The van der Waals surface area contributed by atoms with Gasteiger partial charge in [0.25, 0.3) is 0 Å². The van der Waals surface area contributed by atoms with Gasteiger partial charge in [0.2, 0.25) is 0 Å². The molecule has 0 aliphatic rings. The lowest BCUT2D eigenvalue weighted by Crippen LogP contribution is -2.24. The van der Waals surface area contributed by atoms with Gasteiger partial charge in [0, 0.05) is 7.05 Å². The highest BCUT2D eigenvalue weighted by Crippen LogP contribution is 2.25. The normalized spacial score (nSPS) is 12.7. The maximum atomic E-state index is 5.78. The first-order chi connectivity index (χ1) is 9.61. The SMILES string of the molecule is CCNC(c1cccc(OC(C)C)c1)c1cncn1C. The second kappa shape index (κ2) is 6.57. The van der Waals surface area contributed by atoms with E-state index in [1.807, 2.05) is 50.1 Å². The second-order valence-corrected chi connectivity index (χ2v) is 5.16. The van der Waals surface area contributed by atoms with Crippen LogP contribution in [0.1, 0.15) is 38.1 Å². The monoisotopic (exact) mass is 273 g/mol. The third-order valence-corrected chi connectivity index (χ3v) is 3.12. The highest BCUT2D eigenvalue weighted by Gasteiger charge is 2.16. The van der Waals surface area contributed by atoms with Crippen molar-refractivity contribution in [3.05, 3.63) is 48.0 Å². The van der Waals surface area contributed by atoms with E-state index in [0.717, 1.165) is 18.0 Å². The summed E-state index contributed by atoms with van der Waals surface area (Å²) in [5.41, 5.74) is 2.34. The van der Waals surface area contributed by atoms with E-state index < -0.39 is 0 Å². The molecule has 0 bridgehead atoms. The van der Waals surface area contributed by atoms with Crippen LogP contribution in [0, 0.1) is 0 Å². The number of nitrogens with zero attached hydrogens (tertiary/aromatic N) is 2. The molecule has 0 saturated carbocycles. The zero-order chi connectivity index (χ0) is 14.5. The summed E-state index contributed by atoms with van der Waals surface area (Å²) in [4.78, 5) is 4.21. The van der Waals surface area contributed by atoms with Crippen LogP contribution in [0.4, 0.5) is 0 Å². The minimum atomic E-state index is 0.128. The smallest absolute Gasteiger partial charge is 0.120 e. The van der Waals surface area contributed by atoms with Gasteiger partial charge in [-0.15, -0.1) is 0 Å². The van der Waals surface area contributed by atoms with Crippen molar-refractivity contribution in [2.24, 2.45) is 7.05 Å². The molecule has 1 heterocycles. The molecule has 1 aromatic carbocycles. The lowest BCUT2D eigenvalue weighted by atomic mass is 10.0. The molecule has 1 aromatic heterocycles. The predicted octanol–water partition coefficient (Wildman–Crippen LogP) is 2.91. The first kappa shape index (κ1) is 14.6. The molecule has 0 fully saturated rings. The quantitative estimate of drug-likeness (QED) is 0.879.